The molecule has 3 rings (SSSR count). The van der Waals surface area contributed by atoms with Crippen molar-refractivity contribution < 1.29 is 71.8 Å². The Morgan fingerprint density at radius 3 is 1.82 bits per heavy atom. The Morgan fingerprint density at radius 1 is 0.755 bits per heavy atom. The highest BCUT2D eigenvalue weighted by Gasteiger charge is 2.61. The fraction of sp³-hybridized carbons (Fsp3) is 0.906. The summed E-state index contributed by atoms with van der Waals surface area (Å²) in [5.41, 5.74) is -1.86. The molecule has 17 heteroatoms. The van der Waals surface area contributed by atoms with Gasteiger partial charge >= 0.3 is 0 Å². The van der Waals surface area contributed by atoms with Gasteiger partial charge in [0, 0.05) is 69.9 Å². The lowest BCUT2D eigenvalue weighted by molar-refractivity contribution is -0.355. The molecule has 0 aromatic rings. The molecule has 0 radical (unpaired) electrons. The van der Waals surface area contributed by atoms with Gasteiger partial charge in [-0.2, -0.15) is 0 Å². The number of ether oxygens (including phenoxy) is 12. The molecular formula is C32H56N2O15. The number of carbonyl (C=O) groups is 1. The van der Waals surface area contributed by atoms with E-state index in [1.807, 2.05) is 12.8 Å². The Kier molecular flexibility index (Phi) is 16.5. The first kappa shape index (κ1) is 41.8. The second kappa shape index (κ2) is 19.3. The van der Waals surface area contributed by atoms with Crippen LogP contribution in [-0.2, 0) is 61.6 Å². The zero-order chi connectivity index (χ0) is 36.5. The van der Waals surface area contributed by atoms with Gasteiger partial charge in [0.1, 0.15) is 48.3 Å². The van der Waals surface area contributed by atoms with Crippen molar-refractivity contribution >= 4 is 5.91 Å². The van der Waals surface area contributed by atoms with E-state index in [1.165, 1.54) is 56.9 Å². The number of hydrogen-bond acceptors (Lipinski definition) is 16. The highest BCUT2D eigenvalue weighted by atomic mass is 16.8. The molecule has 16 atom stereocenters. The van der Waals surface area contributed by atoms with Crippen LogP contribution in [-0.4, -0.2) is 191 Å². The van der Waals surface area contributed by atoms with Gasteiger partial charge in [-0.3, -0.25) is 4.79 Å². The highest BCUT2D eigenvalue weighted by Crippen LogP contribution is 2.40. The van der Waals surface area contributed by atoms with E-state index in [1.54, 1.807) is 7.11 Å². The van der Waals surface area contributed by atoms with Crippen LogP contribution < -0.4 is 10.6 Å². The maximum atomic E-state index is 12.7. The van der Waals surface area contributed by atoms with Crippen molar-refractivity contribution in [3.05, 3.63) is 0 Å². The third-order valence-corrected chi connectivity index (χ3v) is 9.87. The summed E-state index contributed by atoms with van der Waals surface area (Å²) >= 11 is 0. The predicted molar refractivity (Wildman–Crippen MR) is 170 cm³/mol. The van der Waals surface area contributed by atoms with Gasteiger partial charge in [0.05, 0.1) is 50.2 Å². The van der Waals surface area contributed by atoms with E-state index >= 15 is 0 Å². The molecule has 0 aromatic heterocycles. The number of rotatable bonds is 17. The van der Waals surface area contributed by atoms with E-state index in [9.17, 15) is 15.0 Å². The van der Waals surface area contributed by atoms with E-state index in [-0.39, 0.29) is 13.2 Å². The van der Waals surface area contributed by atoms with Crippen LogP contribution in [0.2, 0.25) is 0 Å². The standard InChI is InChI=1S/C32H56N2O15/c1-12-19(36)33-29-21(25(42-7)22(40-5)17(13-35)32(29,37)15-39-4)34-20-16(2)47-31(27(44-9)24(20)41-6)49-23-18(14-38-3)48-30(46-11)28(45-10)26(23)43-8/h1,16-18,20-31,34-35,37H,13-15H2,2-11H3,(H,33,36)/t16?,17?,18?,20?,21?,22-,23?,24-,25?,26-,27?,28?,29?,30?,31?,32?/m1/s1. The SMILES string of the molecule is C#CC(=O)NC1C(NC2C(C)OC(OC3C(COC)OC(OC)C(OC)[C@@H]3OC)C(OC)[C@@H]2OC)C(OC)[C@H](OC)C(CO)C1(O)COC. The Balaban J connectivity index is 2.01. The van der Waals surface area contributed by atoms with Gasteiger partial charge in [-0.15, -0.1) is 6.42 Å². The van der Waals surface area contributed by atoms with Crippen LogP contribution >= 0.6 is 0 Å². The number of aliphatic hydroxyl groups is 2. The number of methoxy groups -OCH3 is 9. The van der Waals surface area contributed by atoms with Crippen LogP contribution in [0.25, 0.3) is 0 Å². The molecule has 3 aliphatic rings. The highest BCUT2D eigenvalue weighted by molar-refractivity contribution is 5.93. The average Bonchev–Trinajstić information content (AvgIpc) is 3.10. The molecule has 284 valence electrons. The van der Waals surface area contributed by atoms with E-state index in [4.69, 9.17) is 63.3 Å². The zero-order valence-corrected chi connectivity index (χ0v) is 30.1. The molecule has 2 saturated heterocycles. The van der Waals surface area contributed by atoms with Crippen LogP contribution in [0.1, 0.15) is 6.92 Å². The minimum absolute atomic E-state index is 0.156. The molecule has 0 spiro atoms. The van der Waals surface area contributed by atoms with Crippen molar-refractivity contribution in [2.45, 2.75) is 98.2 Å². The van der Waals surface area contributed by atoms with Crippen LogP contribution in [0.4, 0.5) is 0 Å². The van der Waals surface area contributed by atoms with Gasteiger partial charge in [0.15, 0.2) is 12.6 Å². The van der Waals surface area contributed by atoms with Gasteiger partial charge in [-0.1, -0.05) is 0 Å². The fourth-order valence-corrected chi connectivity index (χ4v) is 7.60. The third kappa shape index (κ3) is 8.57. The second-order valence-corrected chi connectivity index (χ2v) is 12.3. The van der Waals surface area contributed by atoms with Gasteiger partial charge in [-0.05, 0) is 12.8 Å². The second-order valence-electron chi connectivity index (χ2n) is 12.3. The van der Waals surface area contributed by atoms with Gasteiger partial charge in [0.25, 0.3) is 5.91 Å². The molecular weight excluding hydrogens is 652 g/mol. The maximum absolute atomic E-state index is 12.7. The zero-order valence-electron chi connectivity index (χ0n) is 30.1. The van der Waals surface area contributed by atoms with Crippen LogP contribution in [0.3, 0.4) is 0 Å². The molecule has 13 unspecified atom stereocenters. The number of nitrogens with one attached hydrogen (secondary N) is 2. The smallest absolute Gasteiger partial charge is 0.296 e. The number of amides is 1. The molecule has 2 heterocycles. The Labute approximate surface area is 288 Å². The topological polar surface area (TPSA) is 192 Å². The Bertz CT molecular complexity index is 1050. The average molecular weight is 709 g/mol. The minimum Gasteiger partial charge on any atom is -0.396 e. The number of aliphatic hydroxyl groups excluding tert-OH is 1. The molecule has 1 saturated carbocycles. The molecule has 49 heavy (non-hydrogen) atoms. The Hall–Kier alpha value is -1.57. The Morgan fingerprint density at radius 2 is 1.33 bits per heavy atom. The molecule has 1 amide bonds. The van der Waals surface area contributed by atoms with Crippen molar-refractivity contribution in [2.75, 3.05) is 83.8 Å². The summed E-state index contributed by atoms with van der Waals surface area (Å²) in [7, 11) is 13.4. The van der Waals surface area contributed by atoms with E-state index in [0.717, 1.165) is 0 Å². The normalized spacial score (nSPS) is 42.8. The summed E-state index contributed by atoms with van der Waals surface area (Å²) in [6.07, 6.45) is -2.84. The molecule has 4 N–H and O–H groups in total. The van der Waals surface area contributed by atoms with E-state index in [2.05, 4.69) is 10.6 Å². The van der Waals surface area contributed by atoms with E-state index in [0.29, 0.717) is 0 Å². The lowest BCUT2D eigenvalue weighted by atomic mass is 9.66. The lowest BCUT2D eigenvalue weighted by Crippen LogP contribution is -2.80. The minimum atomic E-state index is -1.86. The largest absolute Gasteiger partial charge is 0.396 e. The van der Waals surface area contributed by atoms with Crippen molar-refractivity contribution in [2.24, 2.45) is 5.92 Å². The molecule has 0 aromatic carbocycles. The van der Waals surface area contributed by atoms with Gasteiger partial charge in [-0.25, -0.2) is 0 Å². The summed E-state index contributed by atoms with van der Waals surface area (Å²) in [4.78, 5) is 12.7. The van der Waals surface area contributed by atoms with E-state index < -0.39 is 110 Å². The first-order valence-corrected chi connectivity index (χ1v) is 16.0. The fourth-order valence-electron chi connectivity index (χ4n) is 7.60. The summed E-state index contributed by atoms with van der Waals surface area (Å²) in [5.74, 6) is 0.311. The summed E-state index contributed by atoms with van der Waals surface area (Å²) in [6.45, 7) is 1.19. The molecule has 2 aliphatic heterocycles. The summed E-state index contributed by atoms with van der Waals surface area (Å²) < 4.78 is 70.8. The predicted octanol–water partition coefficient (Wildman–Crippen LogP) is -2.33. The van der Waals surface area contributed by atoms with Crippen molar-refractivity contribution in [3.8, 4) is 12.3 Å². The summed E-state index contributed by atoms with van der Waals surface area (Å²) in [5, 5.41) is 28.8. The van der Waals surface area contributed by atoms with Crippen LogP contribution in [0.5, 0.6) is 0 Å². The van der Waals surface area contributed by atoms with Crippen molar-refractivity contribution in [3.63, 3.8) is 0 Å². The molecule has 3 fully saturated rings. The molecule has 17 nitrogen and oxygen atoms in total. The number of terminal acetylenes is 1. The van der Waals surface area contributed by atoms with Crippen molar-refractivity contribution in [1.82, 2.24) is 10.6 Å². The maximum Gasteiger partial charge on any atom is 0.296 e. The van der Waals surface area contributed by atoms with Gasteiger partial charge < -0.3 is 77.7 Å². The van der Waals surface area contributed by atoms with Crippen LogP contribution in [0, 0.1) is 18.3 Å². The molecule has 1 aliphatic carbocycles. The first-order chi connectivity index (χ1) is 23.5. The van der Waals surface area contributed by atoms with Crippen molar-refractivity contribution in [1.29, 1.82) is 0 Å². The monoisotopic (exact) mass is 708 g/mol. The summed E-state index contributed by atoms with van der Waals surface area (Å²) in [6, 6.07) is -2.68. The quantitative estimate of drug-likeness (QED) is 0.118. The van der Waals surface area contributed by atoms with Gasteiger partial charge in [0.2, 0.25) is 0 Å². The first-order valence-electron chi connectivity index (χ1n) is 16.0. The number of hydrogen-bond donors (Lipinski definition) is 4. The van der Waals surface area contributed by atoms with Crippen LogP contribution in [0.15, 0.2) is 0 Å². The molecule has 0 bridgehead atoms. The lowest BCUT2D eigenvalue weighted by Gasteiger charge is -2.56. The number of carbonyl (C=O) groups excluding carboxylic acids is 1. The third-order valence-electron chi connectivity index (χ3n) is 9.87.